The first kappa shape index (κ1) is 31.4. The molecule has 0 unspecified atom stereocenters. The van der Waals surface area contributed by atoms with Crippen molar-refractivity contribution in [2.75, 3.05) is 42.8 Å². The van der Waals surface area contributed by atoms with Crippen molar-refractivity contribution in [3.8, 4) is 0 Å². The van der Waals surface area contributed by atoms with Gasteiger partial charge in [0.2, 0.25) is 10.0 Å². The Labute approximate surface area is 240 Å². The number of hydrogen-bond acceptors (Lipinski definition) is 5. The van der Waals surface area contributed by atoms with Gasteiger partial charge in [-0.05, 0) is 37.1 Å². The number of anilines is 3. The summed E-state index contributed by atoms with van der Waals surface area (Å²) in [5.74, 6) is 0. The number of aryl methyl sites for hydroxylation is 1. The quantitative estimate of drug-likeness (QED) is 0.135. The van der Waals surface area contributed by atoms with Gasteiger partial charge in [0.05, 0.1) is 23.3 Å². The molecule has 0 fully saturated rings. The van der Waals surface area contributed by atoms with Crippen molar-refractivity contribution in [3.63, 3.8) is 0 Å². The number of amides is 2. The van der Waals surface area contributed by atoms with E-state index in [1.165, 1.54) is 31.9 Å². The van der Waals surface area contributed by atoms with Gasteiger partial charge in [-0.1, -0.05) is 88.4 Å². The number of benzene rings is 3. The Balaban J connectivity index is 1.87. The molecule has 0 radical (unpaired) electrons. The third-order valence-electron chi connectivity index (χ3n) is 6.92. The molecule has 2 amide bonds. The number of hydrogen-bond donors (Lipinski definition) is 3. The lowest BCUT2D eigenvalue weighted by Gasteiger charge is -2.38. The van der Waals surface area contributed by atoms with Crippen LogP contribution in [-0.2, 0) is 10.0 Å². The summed E-state index contributed by atoms with van der Waals surface area (Å²) < 4.78 is 26.0. The van der Waals surface area contributed by atoms with Gasteiger partial charge in [0.1, 0.15) is 0 Å². The molecule has 3 N–H and O–H groups in total. The van der Waals surface area contributed by atoms with Gasteiger partial charge in [0.15, 0.2) is 0 Å². The number of carbonyl (C=O) groups is 1. The molecular formula is C31H45N5O3S. The van der Waals surface area contributed by atoms with Gasteiger partial charge in [-0.2, -0.15) is 0 Å². The molecule has 0 aromatic heterocycles. The number of urea groups is 1. The summed E-state index contributed by atoms with van der Waals surface area (Å²) in [6.07, 6.45) is 8.23. The lowest BCUT2D eigenvalue weighted by atomic mass is 10.1. The minimum absolute atomic E-state index is 0.204. The van der Waals surface area contributed by atoms with Crippen LogP contribution in [0.5, 0.6) is 0 Å². The number of hydrazine groups is 1. The van der Waals surface area contributed by atoms with Crippen LogP contribution in [0, 0.1) is 6.92 Å². The normalized spacial score (nSPS) is 11.6. The molecular weight excluding hydrogens is 522 g/mol. The van der Waals surface area contributed by atoms with Gasteiger partial charge in [-0.25, -0.2) is 22.9 Å². The molecule has 0 aliphatic heterocycles. The zero-order valence-electron chi connectivity index (χ0n) is 24.4. The molecule has 0 spiro atoms. The van der Waals surface area contributed by atoms with Crippen LogP contribution in [0.4, 0.5) is 21.9 Å². The Morgan fingerprint density at radius 3 is 2.17 bits per heavy atom. The average molecular weight is 568 g/mol. The Morgan fingerprint density at radius 2 is 1.48 bits per heavy atom. The lowest BCUT2D eigenvalue weighted by molar-refractivity contribution is 0.252. The van der Waals surface area contributed by atoms with E-state index in [-0.39, 0.29) is 12.6 Å². The number of unbranched alkanes of at least 4 members (excludes halogenated alkanes) is 5. The van der Waals surface area contributed by atoms with E-state index in [1.807, 2.05) is 42.5 Å². The molecule has 3 aromatic carbocycles. The van der Waals surface area contributed by atoms with Gasteiger partial charge in [-0.3, -0.25) is 5.01 Å². The number of sulfonamides is 1. The second kappa shape index (κ2) is 15.6. The van der Waals surface area contributed by atoms with Crippen molar-refractivity contribution in [1.82, 2.24) is 15.0 Å². The van der Waals surface area contributed by atoms with Crippen molar-refractivity contribution in [2.45, 2.75) is 59.3 Å². The fourth-order valence-corrected chi connectivity index (χ4v) is 5.31. The molecule has 9 heteroatoms. The first-order chi connectivity index (χ1) is 19.2. The molecule has 218 valence electrons. The number of likely N-dealkylation sites (N-methyl/N-ethyl adjacent to an activating group) is 1. The van der Waals surface area contributed by atoms with Gasteiger partial charge in [0.25, 0.3) is 0 Å². The predicted octanol–water partition coefficient (Wildman–Crippen LogP) is 6.55. The summed E-state index contributed by atoms with van der Waals surface area (Å²) in [5.41, 5.74) is 3.79. The van der Waals surface area contributed by atoms with E-state index in [9.17, 15) is 13.2 Å². The van der Waals surface area contributed by atoms with Crippen LogP contribution < -0.4 is 20.4 Å². The van der Waals surface area contributed by atoms with Crippen molar-refractivity contribution in [2.24, 2.45) is 0 Å². The summed E-state index contributed by atoms with van der Waals surface area (Å²) in [5, 5.41) is 12.2. The number of carbonyl (C=O) groups excluding carboxylic acids is 1. The van der Waals surface area contributed by atoms with E-state index in [4.69, 9.17) is 0 Å². The largest absolute Gasteiger partial charge is 0.338 e. The zero-order chi connectivity index (χ0) is 29.0. The number of fused-ring (bicyclic) bond motifs is 1. The van der Waals surface area contributed by atoms with Gasteiger partial charge < -0.3 is 10.6 Å². The van der Waals surface area contributed by atoms with Crippen LogP contribution >= 0.6 is 0 Å². The highest BCUT2D eigenvalue weighted by atomic mass is 32.2. The summed E-state index contributed by atoms with van der Waals surface area (Å²) in [4.78, 5) is 12.7. The number of nitrogens with one attached hydrogen (secondary N) is 3. The summed E-state index contributed by atoms with van der Waals surface area (Å²) in [6, 6.07) is 19.9. The Bertz CT molecular complexity index is 1350. The summed E-state index contributed by atoms with van der Waals surface area (Å²) in [7, 11) is -3.30. The predicted molar refractivity (Wildman–Crippen MR) is 168 cm³/mol. The second-order valence-electron chi connectivity index (χ2n) is 10.1. The molecule has 0 atom stereocenters. The monoisotopic (exact) mass is 567 g/mol. The zero-order valence-corrected chi connectivity index (χ0v) is 25.2. The molecule has 0 aliphatic carbocycles. The minimum Gasteiger partial charge on any atom is -0.338 e. The smallest absolute Gasteiger partial charge is 0.319 e. The third kappa shape index (κ3) is 9.21. The van der Waals surface area contributed by atoms with Crippen LogP contribution in [0.2, 0.25) is 0 Å². The highest BCUT2D eigenvalue weighted by Gasteiger charge is 2.22. The fraction of sp³-hybridized carbons (Fsp3) is 0.452. The molecule has 8 nitrogen and oxygen atoms in total. The van der Waals surface area contributed by atoms with E-state index in [0.29, 0.717) is 19.6 Å². The Kier molecular flexibility index (Phi) is 12.2. The number of rotatable bonds is 16. The maximum Gasteiger partial charge on any atom is 0.319 e. The van der Waals surface area contributed by atoms with Crippen LogP contribution in [0.1, 0.15) is 57.9 Å². The van der Waals surface area contributed by atoms with Crippen LogP contribution in [0.3, 0.4) is 0 Å². The van der Waals surface area contributed by atoms with Crippen LogP contribution in [0.25, 0.3) is 10.8 Å². The van der Waals surface area contributed by atoms with Crippen molar-refractivity contribution in [3.05, 3.63) is 66.2 Å². The Hall–Kier alpha value is -3.14. The first-order valence-electron chi connectivity index (χ1n) is 14.4. The highest BCUT2D eigenvalue weighted by molar-refractivity contribution is 7.88. The third-order valence-corrected chi connectivity index (χ3v) is 7.65. The fourth-order valence-electron chi connectivity index (χ4n) is 4.85. The van der Waals surface area contributed by atoms with E-state index in [2.05, 4.69) is 64.3 Å². The molecule has 3 rings (SSSR count). The highest BCUT2D eigenvalue weighted by Crippen LogP contribution is 2.38. The maximum absolute atomic E-state index is 12.7. The molecule has 0 saturated heterocycles. The van der Waals surface area contributed by atoms with Crippen LogP contribution in [0.15, 0.2) is 60.7 Å². The molecule has 0 bridgehead atoms. The van der Waals surface area contributed by atoms with Gasteiger partial charge in [0, 0.05) is 37.0 Å². The van der Waals surface area contributed by atoms with Crippen molar-refractivity contribution in [1.29, 1.82) is 0 Å². The maximum atomic E-state index is 12.7. The number of nitrogens with zero attached hydrogens (tertiary/aromatic N) is 2. The van der Waals surface area contributed by atoms with E-state index >= 15 is 0 Å². The number of para-hydroxylation sites is 1. The van der Waals surface area contributed by atoms with Gasteiger partial charge >= 0.3 is 6.03 Å². The van der Waals surface area contributed by atoms with Crippen LogP contribution in [-0.4, -0.2) is 51.9 Å². The average Bonchev–Trinajstić information content (AvgIpc) is 2.93. The van der Waals surface area contributed by atoms with E-state index in [0.717, 1.165) is 46.2 Å². The first-order valence-corrected chi connectivity index (χ1v) is 16.3. The minimum atomic E-state index is -3.30. The topological polar surface area (TPSA) is 93.8 Å². The molecule has 0 heterocycles. The van der Waals surface area contributed by atoms with Crippen molar-refractivity contribution >= 4 is 43.9 Å². The lowest BCUT2D eigenvalue weighted by Crippen LogP contribution is -2.44. The van der Waals surface area contributed by atoms with E-state index in [1.54, 1.807) is 0 Å². The Morgan fingerprint density at radius 1 is 0.800 bits per heavy atom. The second-order valence-corrected chi connectivity index (χ2v) is 12.0. The summed E-state index contributed by atoms with van der Waals surface area (Å²) >= 11 is 0. The van der Waals surface area contributed by atoms with Crippen molar-refractivity contribution < 1.29 is 13.2 Å². The molecule has 40 heavy (non-hydrogen) atoms. The summed E-state index contributed by atoms with van der Waals surface area (Å²) in [6.45, 7) is 8.41. The SMILES string of the molecule is CCCCCCCCNC(=O)Nc1ccc(N(c2ccccc2C)N(CC)CCNS(C)(=O)=O)c2ccccc12. The molecule has 0 aliphatic rings. The van der Waals surface area contributed by atoms with Gasteiger partial charge in [-0.15, -0.1) is 0 Å². The van der Waals surface area contributed by atoms with E-state index < -0.39 is 10.0 Å². The molecule has 0 saturated carbocycles. The molecule has 3 aromatic rings. The standard InChI is InChI=1S/C31H45N5O3S/c1-5-7-8-9-10-15-22-32-31(37)34-28-20-21-30(27-18-13-12-17-26(27)28)36(29-19-14-11-16-25(29)3)35(6-2)24-23-33-40(4,38)39/h11-14,16-21,33H,5-10,15,22-24H2,1-4H3,(H2,32,34,37).